The number of nitrogens with zero attached hydrogens (tertiary/aromatic N) is 1. The third kappa shape index (κ3) is 4.40. The molecule has 4 nitrogen and oxygen atoms in total. The normalized spacial score (nSPS) is 14.4. The molecule has 0 spiro atoms. The first-order chi connectivity index (χ1) is 12.3. The largest absolute Gasteiger partial charge is 0.417 e. The number of amides is 2. The van der Waals surface area contributed by atoms with Gasteiger partial charge in [0.1, 0.15) is 0 Å². The predicted molar refractivity (Wildman–Crippen MR) is 97.0 cm³/mol. The number of nitrogens with one attached hydrogen (secondary N) is 2. The Hall–Kier alpha value is -2.41. The third-order valence-electron chi connectivity index (χ3n) is 4.13. The van der Waals surface area contributed by atoms with Crippen LogP contribution in [0.15, 0.2) is 42.5 Å². The number of urea groups is 1. The molecule has 2 aromatic rings. The zero-order valence-corrected chi connectivity index (χ0v) is 14.5. The highest BCUT2D eigenvalue weighted by molar-refractivity contribution is 6.31. The highest BCUT2D eigenvalue weighted by Gasteiger charge is 2.33. The fraction of sp³-hybridized carbons (Fsp3) is 0.278. The second kappa shape index (κ2) is 7.45. The number of benzene rings is 2. The fourth-order valence-corrected chi connectivity index (χ4v) is 3.07. The number of hydrogen-bond acceptors (Lipinski definition) is 2. The lowest BCUT2D eigenvalue weighted by molar-refractivity contribution is -0.137. The van der Waals surface area contributed by atoms with Crippen molar-refractivity contribution in [2.75, 3.05) is 28.6 Å². The predicted octanol–water partition coefficient (Wildman–Crippen LogP) is 5.60. The van der Waals surface area contributed by atoms with Gasteiger partial charge in [-0.05, 0) is 55.3 Å². The lowest BCUT2D eigenvalue weighted by Gasteiger charge is -2.18. The van der Waals surface area contributed by atoms with Gasteiger partial charge in [-0.3, -0.25) is 0 Å². The van der Waals surface area contributed by atoms with Crippen LogP contribution in [-0.2, 0) is 6.18 Å². The van der Waals surface area contributed by atoms with E-state index in [2.05, 4.69) is 15.5 Å². The maximum absolute atomic E-state index is 12.9. The van der Waals surface area contributed by atoms with Gasteiger partial charge in [0.15, 0.2) is 0 Å². The van der Waals surface area contributed by atoms with Crippen LogP contribution >= 0.6 is 11.6 Å². The minimum absolute atomic E-state index is 0.00733. The van der Waals surface area contributed by atoms with E-state index >= 15 is 0 Å². The van der Waals surface area contributed by atoms with Crippen molar-refractivity contribution in [2.45, 2.75) is 19.0 Å². The van der Waals surface area contributed by atoms with Crippen molar-refractivity contribution in [2.24, 2.45) is 0 Å². The Balaban J connectivity index is 1.64. The highest BCUT2D eigenvalue weighted by atomic mass is 35.5. The number of anilines is 3. The molecule has 2 aromatic carbocycles. The topological polar surface area (TPSA) is 44.4 Å². The maximum atomic E-state index is 12.9. The third-order valence-corrected chi connectivity index (χ3v) is 4.46. The number of carbonyl (C=O) groups excluding carboxylic acids is 1. The van der Waals surface area contributed by atoms with Crippen molar-refractivity contribution in [3.05, 3.63) is 53.1 Å². The van der Waals surface area contributed by atoms with E-state index in [0.29, 0.717) is 5.69 Å². The van der Waals surface area contributed by atoms with Crippen LogP contribution in [0.25, 0.3) is 0 Å². The van der Waals surface area contributed by atoms with Gasteiger partial charge in [0.25, 0.3) is 0 Å². The Morgan fingerprint density at radius 1 is 0.962 bits per heavy atom. The van der Waals surface area contributed by atoms with Gasteiger partial charge < -0.3 is 15.5 Å². The zero-order valence-electron chi connectivity index (χ0n) is 13.7. The standard InChI is InChI=1S/C18H17ClF3N3O/c19-16-8-5-13(11-15(16)18(20,21)22)24-17(26)23-12-3-6-14(7-4-12)25-9-1-2-10-25/h3-8,11H,1-2,9-10H2,(H2,23,24,26). The minimum atomic E-state index is -4.59. The molecule has 1 saturated heterocycles. The van der Waals surface area contributed by atoms with E-state index in [-0.39, 0.29) is 5.69 Å². The maximum Gasteiger partial charge on any atom is 0.417 e. The molecule has 0 bridgehead atoms. The van der Waals surface area contributed by atoms with Crippen molar-refractivity contribution >= 4 is 34.7 Å². The second-order valence-electron chi connectivity index (χ2n) is 6.01. The monoisotopic (exact) mass is 383 g/mol. The van der Waals surface area contributed by atoms with E-state index < -0.39 is 22.8 Å². The summed E-state index contributed by atoms with van der Waals surface area (Å²) in [5, 5.41) is 4.56. The van der Waals surface area contributed by atoms with E-state index in [1.165, 1.54) is 18.9 Å². The summed E-state index contributed by atoms with van der Waals surface area (Å²) in [6, 6.07) is 9.92. The fourth-order valence-electron chi connectivity index (χ4n) is 2.84. The first kappa shape index (κ1) is 18.4. The summed E-state index contributed by atoms with van der Waals surface area (Å²) >= 11 is 5.56. The minimum Gasteiger partial charge on any atom is -0.372 e. The van der Waals surface area contributed by atoms with Gasteiger partial charge in [-0.1, -0.05) is 11.6 Å². The van der Waals surface area contributed by atoms with Crippen molar-refractivity contribution in [3.8, 4) is 0 Å². The van der Waals surface area contributed by atoms with Gasteiger partial charge in [0.2, 0.25) is 0 Å². The summed E-state index contributed by atoms with van der Waals surface area (Å²) in [5.41, 5.74) is 0.649. The summed E-state index contributed by atoms with van der Waals surface area (Å²) in [7, 11) is 0. The van der Waals surface area contributed by atoms with Crippen LogP contribution in [0.3, 0.4) is 0 Å². The number of hydrogen-bond donors (Lipinski definition) is 2. The van der Waals surface area contributed by atoms with Gasteiger partial charge >= 0.3 is 12.2 Å². The molecule has 1 fully saturated rings. The Kier molecular flexibility index (Phi) is 5.27. The van der Waals surface area contributed by atoms with Crippen LogP contribution in [0.4, 0.5) is 35.0 Å². The first-order valence-electron chi connectivity index (χ1n) is 8.13. The molecule has 138 valence electrons. The van der Waals surface area contributed by atoms with Crippen LogP contribution in [0.2, 0.25) is 5.02 Å². The van der Waals surface area contributed by atoms with Crippen LogP contribution in [0.5, 0.6) is 0 Å². The van der Waals surface area contributed by atoms with Crippen LogP contribution in [-0.4, -0.2) is 19.1 Å². The molecule has 1 aliphatic heterocycles. The molecule has 2 amide bonds. The molecule has 8 heteroatoms. The molecular formula is C18H17ClF3N3O. The van der Waals surface area contributed by atoms with Gasteiger partial charge in [-0.25, -0.2) is 4.79 Å². The molecule has 0 unspecified atom stereocenters. The summed E-state index contributed by atoms with van der Waals surface area (Å²) in [4.78, 5) is 14.3. The smallest absolute Gasteiger partial charge is 0.372 e. The van der Waals surface area contributed by atoms with Crippen molar-refractivity contribution in [1.82, 2.24) is 0 Å². The van der Waals surface area contributed by atoms with Crippen LogP contribution in [0.1, 0.15) is 18.4 Å². The Bertz CT molecular complexity index is 787. The number of halogens is 4. The molecule has 1 heterocycles. The zero-order chi connectivity index (χ0) is 18.7. The second-order valence-corrected chi connectivity index (χ2v) is 6.42. The van der Waals surface area contributed by atoms with Gasteiger partial charge in [-0.15, -0.1) is 0 Å². The van der Waals surface area contributed by atoms with Gasteiger partial charge in [0.05, 0.1) is 10.6 Å². The molecule has 3 rings (SSSR count). The van der Waals surface area contributed by atoms with Crippen molar-refractivity contribution < 1.29 is 18.0 Å². The molecule has 0 saturated carbocycles. The van der Waals surface area contributed by atoms with E-state index in [9.17, 15) is 18.0 Å². The Morgan fingerprint density at radius 2 is 1.54 bits per heavy atom. The molecule has 0 aromatic heterocycles. The SMILES string of the molecule is O=C(Nc1ccc(N2CCCC2)cc1)Nc1ccc(Cl)c(C(F)(F)F)c1. The number of alkyl halides is 3. The molecule has 26 heavy (non-hydrogen) atoms. The Labute approximate surface area is 153 Å². The molecule has 1 aliphatic rings. The van der Waals surface area contributed by atoms with Crippen molar-refractivity contribution in [1.29, 1.82) is 0 Å². The summed E-state index contributed by atoms with van der Waals surface area (Å²) in [6.45, 7) is 2.04. The van der Waals surface area contributed by atoms with Crippen molar-refractivity contribution in [3.63, 3.8) is 0 Å². The molecular weight excluding hydrogens is 367 g/mol. The number of carbonyl (C=O) groups is 1. The molecule has 0 radical (unpaired) electrons. The van der Waals surface area contributed by atoms with E-state index in [0.717, 1.165) is 30.9 Å². The van der Waals surface area contributed by atoms with Gasteiger partial charge in [-0.2, -0.15) is 13.2 Å². The van der Waals surface area contributed by atoms with E-state index in [1.807, 2.05) is 12.1 Å². The summed E-state index contributed by atoms with van der Waals surface area (Å²) in [6.07, 6.45) is -2.25. The van der Waals surface area contributed by atoms with Gasteiger partial charge in [0, 0.05) is 30.2 Å². The lowest BCUT2D eigenvalue weighted by Crippen LogP contribution is -2.20. The van der Waals surface area contributed by atoms with Crippen LogP contribution < -0.4 is 15.5 Å². The summed E-state index contributed by atoms with van der Waals surface area (Å²) in [5.74, 6) is 0. The highest BCUT2D eigenvalue weighted by Crippen LogP contribution is 2.36. The summed E-state index contributed by atoms with van der Waals surface area (Å²) < 4.78 is 38.6. The molecule has 0 atom stereocenters. The van der Waals surface area contributed by atoms with Crippen LogP contribution in [0, 0.1) is 0 Å². The van der Waals surface area contributed by atoms with E-state index in [1.54, 1.807) is 12.1 Å². The Morgan fingerprint density at radius 3 is 2.15 bits per heavy atom. The molecule has 0 aliphatic carbocycles. The quantitative estimate of drug-likeness (QED) is 0.724. The lowest BCUT2D eigenvalue weighted by atomic mass is 10.2. The average molecular weight is 384 g/mol. The molecule has 2 N–H and O–H groups in total. The first-order valence-corrected chi connectivity index (χ1v) is 8.50. The number of rotatable bonds is 3. The average Bonchev–Trinajstić information content (AvgIpc) is 3.11. The van der Waals surface area contributed by atoms with E-state index in [4.69, 9.17) is 11.6 Å².